The second-order valence-corrected chi connectivity index (χ2v) is 5.44. The van der Waals surface area contributed by atoms with E-state index in [0.29, 0.717) is 19.4 Å². The highest BCUT2D eigenvalue weighted by molar-refractivity contribution is 7.98. The molecule has 0 aromatic heterocycles. The van der Waals surface area contributed by atoms with Gasteiger partial charge in [0.15, 0.2) is 0 Å². The monoisotopic (exact) mass is 278 g/mol. The molecule has 1 aliphatic rings. The largest absolute Gasteiger partial charge is 0.354 e. The Morgan fingerprint density at radius 2 is 2.26 bits per heavy atom. The molecule has 1 fully saturated rings. The SMILES string of the molecule is CSc1ccccc1CC(=O)NCC1CCC(=O)N1. The fraction of sp³-hybridized carbons (Fsp3) is 0.429. The van der Waals surface area contributed by atoms with Crippen LogP contribution in [0.15, 0.2) is 29.2 Å². The van der Waals surface area contributed by atoms with Crippen LogP contribution in [-0.2, 0) is 16.0 Å². The average Bonchev–Trinajstić information content (AvgIpc) is 2.83. The van der Waals surface area contributed by atoms with Crippen LogP contribution in [0.4, 0.5) is 0 Å². The Hall–Kier alpha value is -1.49. The Balaban J connectivity index is 1.82. The van der Waals surface area contributed by atoms with Crippen LogP contribution >= 0.6 is 11.8 Å². The van der Waals surface area contributed by atoms with Crippen LogP contribution < -0.4 is 10.6 Å². The summed E-state index contributed by atoms with van der Waals surface area (Å²) in [6.45, 7) is 0.520. The van der Waals surface area contributed by atoms with E-state index < -0.39 is 0 Å². The van der Waals surface area contributed by atoms with E-state index in [-0.39, 0.29) is 17.9 Å². The van der Waals surface area contributed by atoms with Crippen LogP contribution in [-0.4, -0.2) is 30.7 Å². The van der Waals surface area contributed by atoms with E-state index >= 15 is 0 Å². The van der Waals surface area contributed by atoms with E-state index in [1.165, 1.54) is 0 Å². The summed E-state index contributed by atoms with van der Waals surface area (Å²) in [5, 5.41) is 5.72. The van der Waals surface area contributed by atoms with Gasteiger partial charge in [0.2, 0.25) is 11.8 Å². The van der Waals surface area contributed by atoms with Gasteiger partial charge in [-0.3, -0.25) is 9.59 Å². The van der Waals surface area contributed by atoms with Gasteiger partial charge in [-0.05, 0) is 24.3 Å². The van der Waals surface area contributed by atoms with E-state index in [1.54, 1.807) is 11.8 Å². The van der Waals surface area contributed by atoms with Crippen molar-refractivity contribution in [3.05, 3.63) is 29.8 Å². The van der Waals surface area contributed by atoms with Gasteiger partial charge in [-0.1, -0.05) is 18.2 Å². The minimum absolute atomic E-state index is 0.00245. The third-order valence-electron chi connectivity index (χ3n) is 3.17. The number of benzene rings is 1. The zero-order chi connectivity index (χ0) is 13.7. The summed E-state index contributed by atoms with van der Waals surface area (Å²) >= 11 is 1.64. The standard InChI is InChI=1S/C14H18N2O2S/c1-19-12-5-3-2-4-10(12)8-14(18)15-9-11-6-7-13(17)16-11/h2-5,11H,6-9H2,1H3,(H,15,18)(H,16,17). The highest BCUT2D eigenvalue weighted by Gasteiger charge is 2.20. The summed E-state index contributed by atoms with van der Waals surface area (Å²) in [6, 6.07) is 8.00. The van der Waals surface area contributed by atoms with Gasteiger partial charge >= 0.3 is 0 Å². The van der Waals surface area contributed by atoms with Gasteiger partial charge in [0.1, 0.15) is 0 Å². The van der Waals surface area contributed by atoms with Crippen molar-refractivity contribution >= 4 is 23.6 Å². The minimum Gasteiger partial charge on any atom is -0.354 e. The number of nitrogens with one attached hydrogen (secondary N) is 2. The Morgan fingerprint density at radius 1 is 1.47 bits per heavy atom. The Morgan fingerprint density at radius 3 is 2.95 bits per heavy atom. The predicted octanol–water partition coefficient (Wildman–Crippen LogP) is 1.35. The minimum atomic E-state index is 0.00245. The lowest BCUT2D eigenvalue weighted by atomic mass is 10.1. The third-order valence-corrected chi connectivity index (χ3v) is 4.01. The third kappa shape index (κ3) is 3.99. The number of carbonyl (C=O) groups is 2. The Bertz CT molecular complexity index is 476. The molecule has 0 radical (unpaired) electrons. The highest BCUT2D eigenvalue weighted by Crippen LogP contribution is 2.20. The fourth-order valence-electron chi connectivity index (χ4n) is 2.15. The van der Waals surface area contributed by atoms with Crippen LogP contribution in [0.25, 0.3) is 0 Å². The molecule has 102 valence electrons. The summed E-state index contributed by atoms with van der Waals surface area (Å²) in [5.74, 6) is 0.0784. The molecule has 0 aliphatic carbocycles. The van der Waals surface area contributed by atoms with Gasteiger partial charge in [-0.15, -0.1) is 11.8 Å². The van der Waals surface area contributed by atoms with Crippen molar-refractivity contribution in [3.63, 3.8) is 0 Å². The molecule has 4 nitrogen and oxygen atoms in total. The van der Waals surface area contributed by atoms with Crippen molar-refractivity contribution in [2.45, 2.75) is 30.2 Å². The number of carbonyl (C=O) groups excluding carboxylic acids is 2. The molecule has 2 amide bonds. The van der Waals surface area contributed by atoms with E-state index in [1.807, 2.05) is 30.5 Å². The molecule has 1 aliphatic heterocycles. The summed E-state index contributed by atoms with van der Waals surface area (Å²) in [4.78, 5) is 24.1. The molecular formula is C14H18N2O2S. The first kappa shape index (κ1) is 13.9. The maximum absolute atomic E-state index is 11.9. The second-order valence-electron chi connectivity index (χ2n) is 4.60. The molecule has 2 N–H and O–H groups in total. The maximum atomic E-state index is 11.9. The van der Waals surface area contributed by atoms with Gasteiger partial charge in [0.05, 0.1) is 6.42 Å². The molecule has 1 heterocycles. The molecule has 1 atom stereocenters. The van der Waals surface area contributed by atoms with Crippen molar-refractivity contribution in [1.82, 2.24) is 10.6 Å². The molecule has 1 aromatic rings. The Kier molecular flexibility index (Phi) is 4.85. The average molecular weight is 278 g/mol. The van der Waals surface area contributed by atoms with Crippen LogP contribution in [0, 0.1) is 0 Å². The highest BCUT2D eigenvalue weighted by atomic mass is 32.2. The maximum Gasteiger partial charge on any atom is 0.224 e. The molecule has 0 saturated carbocycles. The predicted molar refractivity (Wildman–Crippen MR) is 76.1 cm³/mol. The lowest BCUT2D eigenvalue weighted by molar-refractivity contribution is -0.121. The lowest BCUT2D eigenvalue weighted by Gasteiger charge is -2.12. The first-order valence-electron chi connectivity index (χ1n) is 6.37. The van der Waals surface area contributed by atoms with Gasteiger partial charge in [-0.25, -0.2) is 0 Å². The number of rotatable bonds is 5. The zero-order valence-corrected chi connectivity index (χ0v) is 11.8. The molecule has 1 unspecified atom stereocenters. The first-order valence-corrected chi connectivity index (χ1v) is 7.59. The number of hydrogen-bond acceptors (Lipinski definition) is 3. The van der Waals surface area contributed by atoms with Crippen LogP contribution in [0.1, 0.15) is 18.4 Å². The van der Waals surface area contributed by atoms with E-state index in [9.17, 15) is 9.59 Å². The molecule has 1 saturated heterocycles. The fourth-order valence-corrected chi connectivity index (χ4v) is 2.77. The number of hydrogen-bond donors (Lipinski definition) is 2. The van der Waals surface area contributed by atoms with Crippen molar-refractivity contribution < 1.29 is 9.59 Å². The van der Waals surface area contributed by atoms with E-state index in [4.69, 9.17) is 0 Å². The van der Waals surface area contributed by atoms with Crippen molar-refractivity contribution in [2.75, 3.05) is 12.8 Å². The molecule has 19 heavy (non-hydrogen) atoms. The van der Waals surface area contributed by atoms with Crippen LogP contribution in [0.3, 0.4) is 0 Å². The van der Waals surface area contributed by atoms with E-state index in [2.05, 4.69) is 10.6 Å². The molecule has 0 spiro atoms. The Labute approximate surface area is 117 Å². The van der Waals surface area contributed by atoms with Gasteiger partial charge in [-0.2, -0.15) is 0 Å². The molecule has 5 heteroatoms. The van der Waals surface area contributed by atoms with Gasteiger partial charge < -0.3 is 10.6 Å². The molecule has 0 bridgehead atoms. The topological polar surface area (TPSA) is 58.2 Å². The summed E-state index contributed by atoms with van der Waals surface area (Å²) in [6.07, 6.45) is 3.76. The second kappa shape index (κ2) is 6.61. The summed E-state index contributed by atoms with van der Waals surface area (Å²) in [5.41, 5.74) is 1.04. The van der Waals surface area contributed by atoms with Crippen LogP contribution in [0.2, 0.25) is 0 Å². The number of thioether (sulfide) groups is 1. The first-order chi connectivity index (χ1) is 9.19. The van der Waals surface area contributed by atoms with E-state index in [0.717, 1.165) is 16.9 Å². The molecular weight excluding hydrogens is 260 g/mol. The van der Waals surface area contributed by atoms with Crippen molar-refractivity contribution in [1.29, 1.82) is 0 Å². The summed E-state index contributed by atoms with van der Waals surface area (Å²) in [7, 11) is 0. The number of amides is 2. The quantitative estimate of drug-likeness (QED) is 0.799. The van der Waals surface area contributed by atoms with Crippen molar-refractivity contribution in [2.24, 2.45) is 0 Å². The molecule has 2 rings (SSSR count). The van der Waals surface area contributed by atoms with Gasteiger partial charge in [0, 0.05) is 23.9 Å². The zero-order valence-electron chi connectivity index (χ0n) is 10.9. The van der Waals surface area contributed by atoms with Gasteiger partial charge in [0.25, 0.3) is 0 Å². The molecule has 1 aromatic carbocycles. The smallest absolute Gasteiger partial charge is 0.224 e. The normalized spacial score (nSPS) is 18.2. The summed E-state index contributed by atoms with van der Waals surface area (Å²) < 4.78 is 0. The lowest BCUT2D eigenvalue weighted by Crippen LogP contribution is -2.39. The van der Waals surface area contributed by atoms with Crippen LogP contribution in [0.5, 0.6) is 0 Å². The van der Waals surface area contributed by atoms with Crippen molar-refractivity contribution in [3.8, 4) is 0 Å².